The van der Waals surface area contributed by atoms with Crippen molar-refractivity contribution in [2.45, 2.75) is 45.9 Å². The van der Waals surface area contributed by atoms with E-state index in [0.717, 1.165) is 5.69 Å². The van der Waals surface area contributed by atoms with Crippen LogP contribution < -0.4 is 0 Å². The molecular weight excluding hydrogens is 274 g/mol. The first-order valence-corrected chi connectivity index (χ1v) is 6.97. The Hall–Kier alpha value is -2.05. The van der Waals surface area contributed by atoms with E-state index in [-0.39, 0.29) is 12.5 Å². The molecule has 2 heterocycles. The summed E-state index contributed by atoms with van der Waals surface area (Å²) in [6, 6.07) is -0.580. The molecule has 7 heteroatoms. The highest BCUT2D eigenvalue weighted by Crippen LogP contribution is 2.23. The zero-order chi connectivity index (χ0) is 15.6. The van der Waals surface area contributed by atoms with E-state index in [1.54, 1.807) is 24.0 Å². The standard InChI is InChI=1S/C14H21N3O4/c1-5-20-12(18)11-8-16(13(19)21-14(2,3)4)7-10-6-15-9-17(10)11/h6,9,11H,5,7-8H2,1-4H3/t11-/m0/s1. The molecule has 1 atom stereocenters. The quantitative estimate of drug-likeness (QED) is 0.777. The number of carbonyl (C=O) groups is 2. The summed E-state index contributed by atoms with van der Waals surface area (Å²) < 4.78 is 12.2. The lowest BCUT2D eigenvalue weighted by atomic mass is 10.2. The highest BCUT2D eigenvalue weighted by Gasteiger charge is 2.35. The van der Waals surface area contributed by atoms with Gasteiger partial charge in [-0.25, -0.2) is 14.6 Å². The van der Waals surface area contributed by atoms with Crippen LogP contribution in [0.2, 0.25) is 0 Å². The summed E-state index contributed by atoms with van der Waals surface area (Å²) in [4.78, 5) is 29.8. The largest absolute Gasteiger partial charge is 0.464 e. The number of imidazole rings is 1. The Labute approximate surface area is 123 Å². The second kappa shape index (κ2) is 5.75. The minimum Gasteiger partial charge on any atom is -0.464 e. The normalized spacial score (nSPS) is 18.1. The van der Waals surface area contributed by atoms with Gasteiger partial charge in [0, 0.05) is 6.20 Å². The fraction of sp³-hybridized carbons (Fsp3) is 0.643. The molecule has 0 fully saturated rings. The molecule has 0 radical (unpaired) electrons. The second-order valence-corrected chi connectivity index (χ2v) is 5.92. The molecule has 0 unspecified atom stereocenters. The van der Waals surface area contributed by atoms with Crippen molar-refractivity contribution in [2.24, 2.45) is 0 Å². The first kappa shape index (κ1) is 15.3. The fourth-order valence-electron chi connectivity index (χ4n) is 2.18. The molecule has 116 valence electrons. The van der Waals surface area contributed by atoms with Crippen LogP contribution in [0.1, 0.15) is 39.4 Å². The van der Waals surface area contributed by atoms with Crippen molar-refractivity contribution in [2.75, 3.05) is 13.2 Å². The molecule has 0 saturated heterocycles. The summed E-state index contributed by atoms with van der Waals surface area (Å²) in [6.45, 7) is 8.06. The van der Waals surface area contributed by atoms with Gasteiger partial charge in [0.15, 0.2) is 0 Å². The molecule has 1 aliphatic rings. The van der Waals surface area contributed by atoms with Crippen LogP contribution in [0.5, 0.6) is 0 Å². The van der Waals surface area contributed by atoms with Crippen LogP contribution in [0.15, 0.2) is 12.5 Å². The van der Waals surface area contributed by atoms with E-state index in [9.17, 15) is 9.59 Å². The van der Waals surface area contributed by atoms with Gasteiger partial charge < -0.3 is 14.0 Å². The van der Waals surface area contributed by atoms with Crippen molar-refractivity contribution < 1.29 is 19.1 Å². The molecule has 21 heavy (non-hydrogen) atoms. The number of nitrogens with zero attached hydrogens (tertiary/aromatic N) is 3. The van der Waals surface area contributed by atoms with Crippen LogP contribution in [-0.2, 0) is 20.8 Å². The number of hydrogen-bond donors (Lipinski definition) is 0. The molecule has 0 bridgehead atoms. The Morgan fingerprint density at radius 1 is 1.43 bits per heavy atom. The van der Waals surface area contributed by atoms with Gasteiger partial charge in [0.1, 0.15) is 11.6 Å². The molecule has 0 aliphatic carbocycles. The summed E-state index contributed by atoms with van der Waals surface area (Å²) in [6.07, 6.45) is 2.79. The molecule has 7 nitrogen and oxygen atoms in total. The molecule has 0 aromatic carbocycles. The van der Waals surface area contributed by atoms with Crippen LogP contribution in [0, 0.1) is 0 Å². The predicted octanol–water partition coefficient (Wildman–Crippen LogP) is 1.74. The summed E-state index contributed by atoms with van der Waals surface area (Å²) >= 11 is 0. The zero-order valence-electron chi connectivity index (χ0n) is 12.8. The number of fused-ring (bicyclic) bond motifs is 1. The molecule has 1 aromatic heterocycles. The third-order valence-electron chi connectivity index (χ3n) is 3.04. The summed E-state index contributed by atoms with van der Waals surface area (Å²) in [5, 5.41) is 0. The number of carbonyl (C=O) groups excluding carboxylic acids is 2. The number of rotatable bonds is 2. The summed E-state index contributed by atoms with van der Waals surface area (Å²) in [5.41, 5.74) is 0.207. The molecular formula is C14H21N3O4. The molecule has 1 amide bonds. The van der Waals surface area contributed by atoms with E-state index in [1.807, 2.05) is 20.8 Å². The van der Waals surface area contributed by atoms with Gasteiger partial charge in [-0.05, 0) is 27.7 Å². The van der Waals surface area contributed by atoms with E-state index in [0.29, 0.717) is 13.2 Å². The van der Waals surface area contributed by atoms with Crippen molar-refractivity contribution in [3.05, 3.63) is 18.2 Å². The first-order valence-electron chi connectivity index (χ1n) is 6.97. The molecule has 1 aliphatic heterocycles. The van der Waals surface area contributed by atoms with Gasteiger partial charge in [-0.1, -0.05) is 0 Å². The third-order valence-corrected chi connectivity index (χ3v) is 3.04. The topological polar surface area (TPSA) is 73.7 Å². The second-order valence-electron chi connectivity index (χ2n) is 5.92. The number of amides is 1. The maximum absolute atomic E-state index is 12.2. The molecule has 0 saturated carbocycles. The Kier molecular flexibility index (Phi) is 4.20. The summed E-state index contributed by atoms with van der Waals surface area (Å²) in [5.74, 6) is -0.370. The molecule has 0 N–H and O–H groups in total. The van der Waals surface area contributed by atoms with Crippen LogP contribution in [0.3, 0.4) is 0 Å². The van der Waals surface area contributed by atoms with E-state index in [2.05, 4.69) is 4.98 Å². The van der Waals surface area contributed by atoms with Gasteiger partial charge in [0.25, 0.3) is 0 Å². The maximum Gasteiger partial charge on any atom is 0.410 e. The van der Waals surface area contributed by atoms with Crippen LogP contribution in [-0.4, -0.2) is 45.3 Å². The third kappa shape index (κ3) is 3.53. The van der Waals surface area contributed by atoms with Gasteiger partial charge in [0.2, 0.25) is 0 Å². The number of hydrogen-bond acceptors (Lipinski definition) is 5. The van der Waals surface area contributed by atoms with Crippen molar-refractivity contribution in [1.29, 1.82) is 0 Å². The molecule has 0 spiro atoms. The van der Waals surface area contributed by atoms with E-state index in [4.69, 9.17) is 9.47 Å². The van der Waals surface area contributed by atoms with Crippen molar-refractivity contribution in [1.82, 2.24) is 14.5 Å². The Morgan fingerprint density at radius 2 is 2.14 bits per heavy atom. The Bertz CT molecular complexity index is 533. The number of aromatic nitrogens is 2. The highest BCUT2D eigenvalue weighted by atomic mass is 16.6. The smallest absolute Gasteiger partial charge is 0.410 e. The SMILES string of the molecule is CCOC(=O)[C@@H]1CN(C(=O)OC(C)(C)C)Cc2cncn21. The van der Waals surface area contributed by atoms with Crippen LogP contribution in [0.25, 0.3) is 0 Å². The van der Waals surface area contributed by atoms with Gasteiger partial charge in [0.05, 0.1) is 31.7 Å². The van der Waals surface area contributed by atoms with E-state index >= 15 is 0 Å². The zero-order valence-corrected chi connectivity index (χ0v) is 12.8. The van der Waals surface area contributed by atoms with Gasteiger partial charge in [-0.15, -0.1) is 0 Å². The van der Waals surface area contributed by atoms with Crippen LogP contribution >= 0.6 is 0 Å². The lowest BCUT2D eigenvalue weighted by Crippen LogP contribution is -2.45. The van der Waals surface area contributed by atoms with Gasteiger partial charge in [-0.2, -0.15) is 0 Å². The van der Waals surface area contributed by atoms with Gasteiger partial charge >= 0.3 is 12.1 Å². The number of esters is 1. The maximum atomic E-state index is 12.2. The first-order chi connectivity index (χ1) is 9.81. The fourth-order valence-corrected chi connectivity index (χ4v) is 2.18. The predicted molar refractivity (Wildman–Crippen MR) is 74.5 cm³/mol. The van der Waals surface area contributed by atoms with E-state index < -0.39 is 17.7 Å². The average Bonchev–Trinajstić information content (AvgIpc) is 2.83. The minimum atomic E-state index is -0.580. The van der Waals surface area contributed by atoms with Gasteiger partial charge in [-0.3, -0.25) is 4.90 Å². The van der Waals surface area contributed by atoms with E-state index in [1.165, 1.54) is 4.90 Å². The Balaban J connectivity index is 2.18. The monoisotopic (exact) mass is 295 g/mol. The van der Waals surface area contributed by atoms with Crippen molar-refractivity contribution in [3.8, 4) is 0 Å². The van der Waals surface area contributed by atoms with Crippen molar-refractivity contribution in [3.63, 3.8) is 0 Å². The Morgan fingerprint density at radius 3 is 2.76 bits per heavy atom. The number of ether oxygens (including phenoxy) is 2. The lowest BCUT2D eigenvalue weighted by Gasteiger charge is -2.34. The minimum absolute atomic E-state index is 0.219. The molecule has 2 rings (SSSR count). The van der Waals surface area contributed by atoms with Crippen molar-refractivity contribution >= 4 is 12.1 Å². The average molecular weight is 295 g/mol. The van der Waals surface area contributed by atoms with Crippen LogP contribution in [0.4, 0.5) is 4.79 Å². The molecule has 1 aromatic rings. The summed E-state index contributed by atoms with van der Waals surface area (Å²) in [7, 11) is 0. The lowest BCUT2D eigenvalue weighted by molar-refractivity contribution is -0.148. The highest BCUT2D eigenvalue weighted by molar-refractivity contribution is 5.76.